The molecule has 1 amide bonds. The van der Waals surface area contributed by atoms with Crippen LogP contribution in [0.15, 0.2) is 23.6 Å². The Kier molecular flexibility index (Phi) is 6.38. The molecule has 0 radical (unpaired) electrons. The smallest absolute Gasteiger partial charge is 0.422 e. The number of nitrogens with one attached hydrogen (secondary N) is 1. The molecule has 1 aromatic carbocycles. The van der Waals surface area contributed by atoms with Gasteiger partial charge in [0, 0.05) is 23.9 Å². The van der Waals surface area contributed by atoms with Crippen molar-refractivity contribution in [1.82, 2.24) is 10.3 Å². The molecule has 0 bridgehead atoms. The van der Waals surface area contributed by atoms with Crippen LogP contribution in [0.3, 0.4) is 0 Å². The highest BCUT2D eigenvalue weighted by Crippen LogP contribution is 2.24. The van der Waals surface area contributed by atoms with Gasteiger partial charge in [-0.15, -0.1) is 11.3 Å². The quantitative estimate of drug-likeness (QED) is 0.782. The molecule has 0 atom stereocenters. The lowest BCUT2D eigenvalue weighted by atomic mass is 10.1. The number of nitrogens with zero attached hydrogens (tertiary/aromatic N) is 1. The molecule has 0 aliphatic rings. The first-order valence-electron chi connectivity index (χ1n) is 7.50. The lowest BCUT2D eigenvalue weighted by Gasteiger charge is -2.14. The summed E-state index contributed by atoms with van der Waals surface area (Å²) in [4.78, 5) is 16.3. The standard InChI is InChI=1S/C16H18F3N3O2S/c1-10-2-3-11(13(6-10)24-9-16(17,18)19)7-21-15(23)12-8-25-14(22-12)4-5-20/h2-3,6,8H,4-5,7,9,20H2,1H3,(H,21,23). The SMILES string of the molecule is Cc1ccc(CNC(=O)c2csc(CCN)n2)c(OCC(F)(F)F)c1. The van der Waals surface area contributed by atoms with Gasteiger partial charge in [-0.1, -0.05) is 12.1 Å². The molecule has 1 heterocycles. The van der Waals surface area contributed by atoms with E-state index in [9.17, 15) is 18.0 Å². The molecule has 0 saturated carbocycles. The zero-order valence-corrected chi connectivity index (χ0v) is 14.3. The van der Waals surface area contributed by atoms with Crippen LogP contribution in [-0.4, -0.2) is 30.2 Å². The first-order chi connectivity index (χ1) is 11.8. The number of hydrogen-bond acceptors (Lipinski definition) is 5. The molecule has 0 spiro atoms. The number of rotatable bonds is 7. The molecule has 9 heteroatoms. The second-order valence-electron chi connectivity index (χ2n) is 5.36. The van der Waals surface area contributed by atoms with Gasteiger partial charge in [0.1, 0.15) is 11.4 Å². The van der Waals surface area contributed by atoms with E-state index in [4.69, 9.17) is 10.5 Å². The number of amides is 1. The highest BCUT2D eigenvalue weighted by atomic mass is 32.1. The van der Waals surface area contributed by atoms with Gasteiger partial charge in [-0.2, -0.15) is 13.2 Å². The van der Waals surface area contributed by atoms with Gasteiger partial charge >= 0.3 is 6.18 Å². The summed E-state index contributed by atoms with van der Waals surface area (Å²) in [5.41, 5.74) is 6.92. The molecule has 5 nitrogen and oxygen atoms in total. The first kappa shape index (κ1) is 19.2. The molecule has 1 aromatic heterocycles. The molecule has 2 rings (SSSR count). The van der Waals surface area contributed by atoms with Gasteiger partial charge in [-0.25, -0.2) is 4.98 Å². The summed E-state index contributed by atoms with van der Waals surface area (Å²) in [5.74, 6) is -0.304. The van der Waals surface area contributed by atoms with Gasteiger partial charge in [0.15, 0.2) is 6.61 Å². The van der Waals surface area contributed by atoms with Gasteiger partial charge in [-0.3, -0.25) is 4.79 Å². The molecular weight excluding hydrogens is 355 g/mol. The predicted molar refractivity (Wildman–Crippen MR) is 88.8 cm³/mol. The summed E-state index contributed by atoms with van der Waals surface area (Å²) >= 11 is 1.34. The zero-order valence-electron chi connectivity index (χ0n) is 13.5. The average molecular weight is 373 g/mol. The largest absolute Gasteiger partial charge is 0.484 e. The van der Waals surface area contributed by atoms with Crippen molar-refractivity contribution in [2.75, 3.05) is 13.2 Å². The summed E-state index contributed by atoms with van der Waals surface area (Å²) in [6.07, 6.45) is -3.84. The maximum Gasteiger partial charge on any atom is 0.422 e. The van der Waals surface area contributed by atoms with E-state index < -0.39 is 18.7 Å². The van der Waals surface area contributed by atoms with Crippen LogP contribution in [0.1, 0.15) is 26.6 Å². The number of carbonyl (C=O) groups is 1. The van der Waals surface area contributed by atoms with E-state index >= 15 is 0 Å². The number of aryl methyl sites for hydroxylation is 1. The fraction of sp³-hybridized carbons (Fsp3) is 0.375. The van der Waals surface area contributed by atoms with Crippen molar-refractivity contribution in [3.63, 3.8) is 0 Å². The highest BCUT2D eigenvalue weighted by Gasteiger charge is 2.28. The fourth-order valence-electron chi connectivity index (χ4n) is 2.02. The number of benzene rings is 1. The molecular formula is C16H18F3N3O2S. The van der Waals surface area contributed by atoms with Crippen LogP contribution in [0.25, 0.3) is 0 Å². The first-order valence-corrected chi connectivity index (χ1v) is 8.38. The molecule has 2 aromatic rings. The third-order valence-corrected chi connectivity index (χ3v) is 4.10. The van der Waals surface area contributed by atoms with Crippen LogP contribution in [0, 0.1) is 6.92 Å². The van der Waals surface area contributed by atoms with E-state index in [0.717, 1.165) is 10.6 Å². The number of hydrogen-bond donors (Lipinski definition) is 2. The third-order valence-electron chi connectivity index (χ3n) is 3.20. The summed E-state index contributed by atoms with van der Waals surface area (Å²) < 4.78 is 41.9. The van der Waals surface area contributed by atoms with E-state index in [1.807, 2.05) is 0 Å². The number of halogens is 3. The summed E-state index contributed by atoms with van der Waals surface area (Å²) in [5, 5.41) is 5.02. The van der Waals surface area contributed by atoms with Gasteiger partial charge in [0.05, 0.1) is 5.01 Å². The highest BCUT2D eigenvalue weighted by molar-refractivity contribution is 7.09. The minimum Gasteiger partial charge on any atom is -0.484 e. The normalized spacial score (nSPS) is 11.4. The summed E-state index contributed by atoms with van der Waals surface area (Å²) in [7, 11) is 0. The Hall–Kier alpha value is -2.13. The van der Waals surface area contributed by atoms with Crippen molar-refractivity contribution in [2.24, 2.45) is 5.73 Å². The molecule has 3 N–H and O–H groups in total. The molecule has 136 valence electrons. The van der Waals surface area contributed by atoms with Crippen LogP contribution in [0.2, 0.25) is 0 Å². The van der Waals surface area contributed by atoms with E-state index in [2.05, 4.69) is 10.3 Å². The van der Waals surface area contributed by atoms with E-state index in [1.54, 1.807) is 24.4 Å². The van der Waals surface area contributed by atoms with Crippen LogP contribution in [0.4, 0.5) is 13.2 Å². The minimum absolute atomic E-state index is 0.0378. The maximum atomic E-state index is 12.4. The lowest BCUT2D eigenvalue weighted by molar-refractivity contribution is -0.153. The Morgan fingerprint density at radius 1 is 1.40 bits per heavy atom. The van der Waals surface area contributed by atoms with Crippen molar-refractivity contribution in [3.8, 4) is 5.75 Å². The monoisotopic (exact) mass is 373 g/mol. The topological polar surface area (TPSA) is 77.2 Å². The Balaban J connectivity index is 2.02. The number of thiazole rings is 1. The van der Waals surface area contributed by atoms with E-state index in [-0.39, 0.29) is 18.0 Å². The minimum atomic E-state index is -4.43. The number of alkyl halides is 3. The van der Waals surface area contributed by atoms with Gasteiger partial charge < -0.3 is 15.8 Å². The molecule has 25 heavy (non-hydrogen) atoms. The summed E-state index contributed by atoms with van der Waals surface area (Å²) in [6, 6.07) is 4.88. The molecule has 0 fully saturated rings. The molecule has 0 unspecified atom stereocenters. The maximum absolute atomic E-state index is 12.4. The Labute approximate surface area is 147 Å². The number of aromatic nitrogens is 1. The number of ether oxygens (including phenoxy) is 1. The van der Waals surface area contributed by atoms with Gasteiger partial charge in [0.25, 0.3) is 5.91 Å². The number of carbonyl (C=O) groups excluding carboxylic acids is 1. The van der Waals surface area contributed by atoms with Gasteiger partial charge in [0.2, 0.25) is 0 Å². The van der Waals surface area contributed by atoms with Crippen LogP contribution in [0.5, 0.6) is 5.75 Å². The Morgan fingerprint density at radius 2 is 2.16 bits per heavy atom. The van der Waals surface area contributed by atoms with Crippen molar-refractivity contribution >= 4 is 17.2 Å². The van der Waals surface area contributed by atoms with Crippen molar-refractivity contribution in [3.05, 3.63) is 45.4 Å². The van der Waals surface area contributed by atoms with Crippen LogP contribution < -0.4 is 15.8 Å². The molecule has 0 aliphatic carbocycles. The van der Waals surface area contributed by atoms with Crippen LogP contribution in [-0.2, 0) is 13.0 Å². The van der Waals surface area contributed by atoms with Gasteiger partial charge in [-0.05, 0) is 25.1 Å². The second kappa shape index (κ2) is 8.30. The third kappa shape index (κ3) is 6.02. The lowest BCUT2D eigenvalue weighted by Crippen LogP contribution is -2.24. The van der Waals surface area contributed by atoms with Crippen molar-refractivity contribution in [2.45, 2.75) is 26.1 Å². The van der Waals surface area contributed by atoms with E-state index in [1.165, 1.54) is 17.4 Å². The predicted octanol–water partition coefficient (Wildman–Crippen LogP) is 2.82. The zero-order chi connectivity index (χ0) is 18.4. The Morgan fingerprint density at radius 3 is 2.84 bits per heavy atom. The van der Waals surface area contributed by atoms with Crippen LogP contribution >= 0.6 is 11.3 Å². The van der Waals surface area contributed by atoms with E-state index in [0.29, 0.717) is 18.5 Å². The number of nitrogens with two attached hydrogens (primary N) is 1. The molecule has 0 aliphatic heterocycles. The average Bonchev–Trinajstić information content (AvgIpc) is 3.00. The second-order valence-corrected chi connectivity index (χ2v) is 6.31. The molecule has 0 saturated heterocycles. The van der Waals surface area contributed by atoms with Crippen molar-refractivity contribution < 1.29 is 22.7 Å². The summed E-state index contributed by atoms with van der Waals surface area (Å²) in [6.45, 7) is 0.844. The van der Waals surface area contributed by atoms with Crippen molar-refractivity contribution in [1.29, 1.82) is 0 Å². The fourth-order valence-corrected chi connectivity index (χ4v) is 2.82. The Bertz CT molecular complexity index is 732.